The summed E-state index contributed by atoms with van der Waals surface area (Å²) in [4.78, 5) is 14.5. The van der Waals surface area contributed by atoms with Crippen molar-refractivity contribution in [1.29, 1.82) is 0 Å². The third-order valence-corrected chi connectivity index (χ3v) is 4.14. The van der Waals surface area contributed by atoms with Crippen LogP contribution >= 0.6 is 0 Å². The molecule has 4 nitrogen and oxygen atoms in total. The Morgan fingerprint density at radius 3 is 2.59 bits per heavy atom. The Morgan fingerprint density at radius 2 is 1.91 bits per heavy atom. The fraction of sp³-hybridized carbons (Fsp3) is 0.389. The number of benzene rings is 1. The van der Waals surface area contributed by atoms with E-state index >= 15 is 0 Å². The second-order valence-corrected chi connectivity index (χ2v) is 6.45. The molecular formula is C18H22N2O2. The van der Waals surface area contributed by atoms with E-state index < -0.39 is 0 Å². The van der Waals surface area contributed by atoms with Gasteiger partial charge in [-0.15, -0.1) is 0 Å². The van der Waals surface area contributed by atoms with Crippen LogP contribution < -0.4 is 5.73 Å². The van der Waals surface area contributed by atoms with E-state index in [1.54, 1.807) is 6.07 Å². The third-order valence-electron chi connectivity index (χ3n) is 4.14. The van der Waals surface area contributed by atoms with Gasteiger partial charge in [-0.25, -0.2) is 0 Å². The summed E-state index contributed by atoms with van der Waals surface area (Å²) in [5, 5.41) is 0. The van der Waals surface area contributed by atoms with Crippen LogP contribution in [0.2, 0.25) is 0 Å². The largest absolute Gasteiger partial charge is 0.451 e. The van der Waals surface area contributed by atoms with E-state index in [4.69, 9.17) is 10.2 Å². The first-order valence-electron chi connectivity index (χ1n) is 7.78. The monoisotopic (exact) mass is 298 g/mol. The Bertz CT molecular complexity index is 667. The minimum Gasteiger partial charge on any atom is -0.451 e. The van der Waals surface area contributed by atoms with Crippen molar-refractivity contribution < 1.29 is 9.21 Å². The lowest BCUT2D eigenvalue weighted by atomic mass is 9.92. The maximum absolute atomic E-state index is 12.6. The van der Waals surface area contributed by atoms with Crippen LogP contribution in [0.25, 0.3) is 11.3 Å². The molecule has 1 aliphatic heterocycles. The topological polar surface area (TPSA) is 59.5 Å². The highest BCUT2D eigenvalue weighted by atomic mass is 16.4. The van der Waals surface area contributed by atoms with Gasteiger partial charge in [-0.1, -0.05) is 26.0 Å². The van der Waals surface area contributed by atoms with Crippen LogP contribution in [0.5, 0.6) is 0 Å². The number of rotatable bonds is 2. The molecule has 1 aromatic carbocycles. The average molecular weight is 298 g/mol. The second-order valence-electron chi connectivity index (χ2n) is 6.45. The van der Waals surface area contributed by atoms with E-state index in [1.807, 2.05) is 35.2 Å². The van der Waals surface area contributed by atoms with Gasteiger partial charge in [0, 0.05) is 24.3 Å². The molecule has 1 amide bonds. The minimum atomic E-state index is -0.0199. The predicted octanol–water partition coefficient (Wildman–Crippen LogP) is 3.65. The highest BCUT2D eigenvalue weighted by Gasteiger charge is 2.27. The molecule has 3 rings (SSSR count). The summed E-state index contributed by atoms with van der Waals surface area (Å²) in [6.07, 6.45) is 1.18. The van der Waals surface area contributed by atoms with Crippen molar-refractivity contribution >= 4 is 11.6 Å². The summed E-state index contributed by atoms with van der Waals surface area (Å²) in [7, 11) is 0. The first-order valence-corrected chi connectivity index (χ1v) is 7.78. The summed E-state index contributed by atoms with van der Waals surface area (Å²) < 4.78 is 5.76. The molecule has 1 saturated heterocycles. The molecule has 2 atom stereocenters. The summed E-state index contributed by atoms with van der Waals surface area (Å²) >= 11 is 0. The van der Waals surface area contributed by atoms with Gasteiger partial charge in [-0.3, -0.25) is 4.79 Å². The van der Waals surface area contributed by atoms with E-state index in [-0.39, 0.29) is 5.91 Å². The van der Waals surface area contributed by atoms with Gasteiger partial charge in [0.1, 0.15) is 5.76 Å². The molecule has 116 valence electrons. The standard InChI is InChI=1S/C18H22N2O2/c1-12-8-13(2)11-20(10-12)18(21)17-7-6-16(22-17)14-4-3-5-15(19)9-14/h3-7,9,12-13H,8,10-11,19H2,1-2H3/t12-,13-/m0/s1. The summed E-state index contributed by atoms with van der Waals surface area (Å²) in [5.74, 6) is 2.13. The normalized spacial score (nSPS) is 21.8. The predicted molar refractivity (Wildman–Crippen MR) is 87.4 cm³/mol. The fourth-order valence-electron chi connectivity index (χ4n) is 3.28. The second kappa shape index (κ2) is 5.87. The lowest BCUT2D eigenvalue weighted by Gasteiger charge is -2.34. The number of carbonyl (C=O) groups is 1. The van der Waals surface area contributed by atoms with E-state index in [0.29, 0.717) is 29.0 Å². The molecule has 0 spiro atoms. The molecule has 1 aliphatic rings. The molecule has 1 aromatic heterocycles. The summed E-state index contributed by atoms with van der Waals surface area (Å²) in [5.41, 5.74) is 7.36. The number of likely N-dealkylation sites (tertiary alicyclic amines) is 1. The number of piperidine rings is 1. The first-order chi connectivity index (χ1) is 10.5. The maximum Gasteiger partial charge on any atom is 0.289 e. The van der Waals surface area contributed by atoms with Gasteiger partial charge < -0.3 is 15.1 Å². The van der Waals surface area contributed by atoms with Crippen molar-refractivity contribution in [1.82, 2.24) is 4.90 Å². The van der Waals surface area contributed by atoms with Crippen LogP contribution in [-0.4, -0.2) is 23.9 Å². The number of nitrogen functional groups attached to an aromatic ring is 1. The van der Waals surface area contributed by atoms with Gasteiger partial charge in [0.25, 0.3) is 5.91 Å². The first kappa shape index (κ1) is 14.7. The molecule has 2 aromatic rings. The Labute approximate surface area is 130 Å². The van der Waals surface area contributed by atoms with Crippen LogP contribution in [-0.2, 0) is 0 Å². The van der Waals surface area contributed by atoms with E-state index in [1.165, 1.54) is 6.42 Å². The molecule has 22 heavy (non-hydrogen) atoms. The van der Waals surface area contributed by atoms with Crippen molar-refractivity contribution in [2.24, 2.45) is 11.8 Å². The number of amides is 1. The van der Waals surface area contributed by atoms with E-state index in [9.17, 15) is 4.79 Å². The highest BCUT2D eigenvalue weighted by Crippen LogP contribution is 2.26. The Morgan fingerprint density at radius 1 is 1.18 bits per heavy atom. The van der Waals surface area contributed by atoms with Gasteiger partial charge in [0.05, 0.1) is 0 Å². The molecular weight excluding hydrogens is 276 g/mol. The SMILES string of the molecule is C[C@H]1C[C@H](C)CN(C(=O)c2ccc(-c3cccc(N)c3)o2)C1. The number of carbonyl (C=O) groups excluding carboxylic acids is 1. The van der Waals surface area contributed by atoms with Crippen molar-refractivity contribution in [3.63, 3.8) is 0 Å². The average Bonchev–Trinajstić information content (AvgIpc) is 2.95. The zero-order valence-electron chi connectivity index (χ0n) is 13.1. The van der Waals surface area contributed by atoms with Gasteiger partial charge >= 0.3 is 0 Å². The van der Waals surface area contributed by atoms with E-state index in [2.05, 4.69) is 13.8 Å². The molecule has 0 saturated carbocycles. The molecule has 2 N–H and O–H groups in total. The molecule has 2 heterocycles. The molecule has 0 unspecified atom stereocenters. The zero-order chi connectivity index (χ0) is 15.7. The molecule has 4 heteroatoms. The molecule has 0 radical (unpaired) electrons. The highest BCUT2D eigenvalue weighted by molar-refractivity contribution is 5.92. The Balaban J connectivity index is 1.80. The smallest absolute Gasteiger partial charge is 0.289 e. The van der Waals surface area contributed by atoms with Crippen LogP contribution in [0, 0.1) is 11.8 Å². The van der Waals surface area contributed by atoms with Crippen molar-refractivity contribution in [2.75, 3.05) is 18.8 Å². The van der Waals surface area contributed by atoms with Crippen LogP contribution in [0.15, 0.2) is 40.8 Å². The molecule has 0 aliphatic carbocycles. The van der Waals surface area contributed by atoms with Crippen LogP contribution in [0.1, 0.15) is 30.8 Å². The Hall–Kier alpha value is -2.23. The fourth-order valence-corrected chi connectivity index (χ4v) is 3.28. The quantitative estimate of drug-likeness (QED) is 0.861. The zero-order valence-corrected chi connectivity index (χ0v) is 13.1. The number of furan rings is 1. The number of hydrogen-bond acceptors (Lipinski definition) is 3. The lowest BCUT2D eigenvalue weighted by molar-refractivity contribution is 0.0592. The third kappa shape index (κ3) is 3.01. The van der Waals surface area contributed by atoms with Crippen molar-refractivity contribution in [3.05, 3.63) is 42.2 Å². The van der Waals surface area contributed by atoms with Gasteiger partial charge in [0.2, 0.25) is 0 Å². The molecule has 1 fully saturated rings. The number of hydrogen-bond donors (Lipinski definition) is 1. The summed E-state index contributed by atoms with van der Waals surface area (Å²) in [6, 6.07) is 11.1. The summed E-state index contributed by atoms with van der Waals surface area (Å²) in [6.45, 7) is 5.99. The maximum atomic E-state index is 12.6. The van der Waals surface area contributed by atoms with E-state index in [0.717, 1.165) is 18.7 Å². The lowest BCUT2D eigenvalue weighted by Crippen LogP contribution is -2.42. The van der Waals surface area contributed by atoms with Gasteiger partial charge in [-0.2, -0.15) is 0 Å². The number of nitrogens with zero attached hydrogens (tertiary/aromatic N) is 1. The van der Waals surface area contributed by atoms with Crippen molar-refractivity contribution in [3.8, 4) is 11.3 Å². The van der Waals surface area contributed by atoms with Crippen molar-refractivity contribution in [2.45, 2.75) is 20.3 Å². The van der Waals surface area contributed by atoms with Gasteiger partial charge in [0.15, 0.2) is 5.76 Å². The number of nitrogens with two attached hydrogens (primary N) is 1. The minimum absolute atomic E-state index is 0.0199. The van der Waals surface area contributed by atoms with Gasteiger partial charge in [-0.05, 0) is 42.5 Å². The van der Waals surface area contributed by atoms with Crippen LogP contribution in [0.4, 0.5) is 5.69 Å². The Kier molecular flexibility index (Phi) is 3.92. The van der Waals surface area contributed by atoms with Crippen LogP contribution in [0.3, 0.4) is 0 Å². The number of anilines is 1. The molecule has 0 bridgehead atoms.